The van der Waals surface area contributed by atoms with Crippen LogP contribution in [0.1, 0.15) is 10.4 Å². The van der Waals surface area contributed by atoms with E-state index in [-0.39, 0.29) is 11.9 Å². The molecule has 1 aromatic heterocycles. The van der Waals surface area contributed by atoms with Gasteiger partial charge in [0.1, 0.15) is 0 Å². The van der Waals surface area contributed by atoms with Crippen LogP contribution in [0.25, 0.3) is 21.9 Å². The van der Waals surface area contributed by atoms with Gasteiger partial charge in [-0.3, -0.25) is 10.1 Å². The van der Waals surface area contributed by atoms with Gasteiger partial charge in [0.2, 0.25) is 5.96 Å². The van der Waals surface area contributed by atoms with Crippen molar-refractivity contribution in [1.29, 1.82) is 0 Å². The van der Waals surface area contributed by atoms with Crippen molar-refractivity contribution in [2.24, 2.45) is 16.7 Å². The number of nitrogens with two attached hydrogens (primary N) is 2. The number of nitrogens with zero attached hydrogens (tertiary/aromatic N) is 1. The van der Waals surface area contributed by atoms with Crippen molar-refractivity contribution in [3.05, 3.63) is 58.8 Å². The number of benzene rings is 2. The lowest BCUT2D eigenvalue weighted by atomic mass is 9.98. The summed E-state index contributed by atoms with van der Waals surface area (Å²) < 4.78 is 0. The smallest absolute Gasteiger partial charge is 0.258 e. The zero-order valence-corrected chi connectivity index (χ0v) is 12.4. The number of carbonyl (C=O) groups is 1. The molecule has 0 aliphatic heterocycles. The monoisotopic (exact) mass is 310 g/mol. The number of nitrogens with one attached hydrogen (secondary N) is 1. The second-order valence-electron chi connectivity index (χ2n) is 4.72. The first-order valence-electron chi connectivity index (χ1n) is 6.59. The van der Waals surface area contributed by atoms with Gasteiger partial charge in [0, 0.05) is 5.56 Å². The van der Waals surface area contributed by atoms with Gasteiger partial charge < -0.3 is 11.6 Å². The first-order valence-corrected chi connectivity index (χ1v) is 7.53. The van der Waals surface area contributed by atoms with Crippen LogP contribution in [0.15, 0.2) is 58.3 Å². The fourth-order valence-electron chi connectivity index (χ4n) is 2.32. The van der Waals surface area contributed by atoms with Crippen molar-refractivity contribution in [3.8, 4) is 11.1 Å². The maximum Gasteiger partial charge on any atom is 0.258 e. The molecule has 5 N–H and O–H groups in total. The zero-order chi connectivity index (χ0) is 15.5. The third-order valence-corrected chi connectivity index (χ3v) is 4.04. The fraction of sp³-hybridized carbons (Fsp3) is 0. The van der Waals surface area contributed by atoms with E-state index in [0.717, 1.165) is 16.3 Å². The van der Waals surface area contributed by atoms with E-state index >= 15 is 0 Å². The predicted molar refractivity (Wildman–Crippen MR) is 90.5 cm³/mol. The number of carbonyl (C=O) groups excluding carboxylic acids is 1. The summed E-state index contributed by atoms with van der Waals surface area (Å²) in [5.41, 5.74) is 8.23. The van der Waals surface area contributed by atoms with Crippen molar-refractivity contribution < 1.29 is 4.79 Å². The normalized spacial score (nSPS) is 11.5. The Morgan fingerprint density at radius 2 is 2.05 bits per heavy atom. The van der Waals surface area contributed by atoms with E-state index in [1.807, 2.05) is 29.6 Å². The molecule has 3 rings (SSSR count). The van der Waals surface area contributed by atoms with Crippen molar-refractivity contribution in [3.63, 3.8) is 0 Å². The minimum atomic E-state index is -0.338. The highest BCUT2D eigenvalue weighted by Crippen LogP contribution is 2.30. The van der Waals surface area contributed by atoms with Crippen LogP contribution in [0.4, 0.5) is 0 Å². The van der Waals surface area contributed by atoms with E-state index in [1.54, 1.807) is 17.4 Å². The van der Waals surface area contributed by atoms with Crippen LogP contribution >= 0.6 is 11.3 Å². The molecule has 0 radical (unpaired) electrons. The van der Waals surface area contributed by atoms with E-state index in [9.17, 15) is 4.79 Å². The summed E-state index contributed by atoms with van der Waals surface area (Å²) >= 11 is 1.66. The predicted octanol–water partition coefficient (Wildman–Crippen LogP) is 2.49. The van der Waals surface area contributed by atoms with Crippen LogP contribution < -0.4 is 16.9 Å². The molecule has 0 atom stereocenters. The summed E-state index contributed by atoms with van der Waals surface area (Å²) in [5, 5.41) is 11.9. The number of hydrogen-bond acceptors (Lipinski definition) is 4. The van der Waals surface area contributed by atoms with Crippen molar-refractivity contribution in [2.75, 3.05) is 0 Å². The lowest BCUT2D eigenvalue weighted by molar-refractivity contribution is 0.0976. The number of hydrazone groups is 1. The highest BCUT2D eigenvalue weighted by atomic mass is 32.1. The molecule has 0 spiro atoms. The molecule has 2 aromatic carbocycles. The van der Waals surface area contributed by atoms with Crippen molar-refractivity contribution >= 4 is 34.0 Å². The Morgan fingerprint density at radius 3 is 2.77 bits per heavy atom. The van der Waals surface area contributed by atoms with Gasteiger partial charge in [0.15, 0.2) is 0 Å². The summed E-state index contributed by atoms with van der Waals surface area (Å²) in [6, 6.07) is 13.6. The molecular formula is C16H14N4OS. The highest BCUT2D eigenvalue weighted by molar-refractivity contribution is 7.08. The largest absolute Gasteiger partial charge is 0.368 e. The third kappa shape index (κ3) is 2.64. The summed E-state index contributed by atoms with van der Waals surface area (Å²) in [6.07, 6.45) is 0. The summed E-state index contributed by atoms with van der Waals surface area (Å²) in [6.45, 7) is 0. The number of amides is 1. The first kappa shape index (κ1) is 14.1. The van der Waals surface area contributed by atoms with Gasteiger partial charge in [-0.15, -0.1) is 5.10 Å². The minimum absolute atomic E-state index is 0.114. The second-order valence-corrected chi connectivity index (χ2v) is 5.50. The first-order chi connectivity index (χ1) is 10.7. The van der Waals surface area contributed by atoms with Gasteiger partial charge >= 0.3 is 0 Å². The van der Waals surface area contributed by atoms with Gasteiger partial charge in [-0.1, -0.05) is 24.3 Å². The Hall–Kier alpha value is -2.86. The number of thiophene rings is 1. The van der Waals surface area contributed by atoms with E-state index < -0.39 is 0 Å². The summed E-state index contributed by atoms with van der Waals surface area (Å²) in [7, 11) is 0. The second kappa shape index (κ2) is 5.87. The van der Waals surface area contributed by atoms with Gasteiger partial charge in [0.05, 0.1) is 0 Å². The van der Waals surface area contributed by atoms with Crippen LogP contribution in [0.5, 0.6) is 0 Å². The minimum Gasteiger partial charge on any atom is -0.368 e. The maximum absolute atomic E-state index is 12.0. The van der Waals surface area contributed by atoms with Gasteiger partial charge in [-0.25, -0.2) is 0 Å². The molecule has 22 heavy (non-hydrogen) atoms. The molecule has 1 amide bonds. The third-order valence-electron chi connectivity index (χ3n) is 3.36. The Bertz CT molecular complexity index is 856. The SMILES string of the molecule is NN=C(N)NC(=O)c1ccc2c(-c3ccsc3)cccc2c1. The lowest BCUT2D eigenvalue weighted by Crippen LogP contribution is -2.37. The van der Waals surface area contributed by atoms with Crippen LogP contribution in [-0.2, 0) is 0 Å². The highest BCUT2D eigenvalue weighted by Gasteiger charge is 2.10. The molecule has 3 aromatic rings. The van der Waals surface area contributed by atoms with E-state index in [1.165, 1.54) is 5.56 Å². The summed E-state index contributed by atoms with van der Waals surface area (Å²) in [4.78, 5) is 12.0. The van der Waals surface area contributed by atoms with E-state index in [2.05, 4.69) is 27.9 Å². The van der Waals surface area contributed by atoms with Crippen LogP contribution in [0.2, 0.25) is 0 Å². The van der Waals surface area contributed by atoms with Crippen molar-refractivity contribution in [2.45, 2.75) is 0 Å². The Kier molecular flexibility index (Phi) is 3.76. The number of fused-ring (bicyclic) bond motifs is 1. The number of guanidine groups is 1. The zero-order valence-electron chi connectivity index (χ0n) is 11.6. The quantitative estimate of drug-likeness (QED) is 0.294. The van der Waals surface area contributed by atoms with Gasteiger partial charge in [-0.2, -0.15) is 11.3 Å². The fourth-order valence-corrected chi connectivity index (χ4v) is 2.97. The van der Waals surface area contributed by atoms with E-state index in [0.29, 0.717) is 5.56 Å². The molecule has 0 fully saturated rings. The molecule has 0 saturated carbocycles. The Labute approximate surface area is 131 Å². The molecule has 0 bridgehead atoms. The molecule has 110 valence electrons. The van der Waals surface area contributed by atoms with E-state index in [4.69, 9.17) is 11.6 Å². The molecular weight excluding hydrogens is 296 g/mol. The lowest BCUT2D eigenvalue weighted by Gasteiger charge is -2.08. The standard InChI is InChI=1S/C16H14N4OS/c17-16(20-18)19-15(21)11-4-5-14-10(8-11)2-1-3-13(14)12-6-7-22-9-12/h1-9H,18H2,(H3,17,19,20,21). The van der Waals surface area contributed by atoms with Crippen LogP contribution in [0, 0.1) is 0 Å². The molecule has 0 saturated heterocycles. The molecule has 0 aliphatic carbocycles. The topological polar surface area (TPSA) is 93.5 Å². The molecule has 5 nitrogen and oxygen atoms in total. The Morgan fingerprint density at radius 1 is 1.18 bits per heavy atom. The van der Waals surface area contributed by atoms with Crippen molar-refractivity contribution in [1.82, 2.24) is 5.32 Å². The van der Waals surface area contributed by atoms with Gasteiger partial charge in [0.25, 0.3) is 5.91 Å². The summed E-state index contributed by atoms with van der Waals surface area (Å²) in [5.74, 6) is 4.56. The molecule has 1 heterocycles. The molecule has 6 heteroatoms. The molecule has 0 aliphatic rings. The van der Waals surface area contributed by atoms with Crippen LogP contribution in [-0.4, -0.2) is 11.9 Å². The number of hydrogen-bond donors (Lipinski definition) is 3. The molecule has 0 unspecified atom stereocenters. The maximum atomic E-state index is 12.0. The Balaban J connectivity index is 2.03. The average molecular weight is 310 g/mol. The van der Waals surface area contributed by atoms with Gasteiger partial charge in [-0.05, 0) is 50.9 Å². The van der Waals surface area contributed by atoms with Crippen LogP contribution in [0.3, 0.4) is 0 Å². The number of rotatable bonds is 2. The average Bonchev–Trinajstić information content (AvgIpc) is 3.07.